The van der Waals surface area contributed by atoms with Crippen LogP contribution in [0.2, 0.25) is 5.02 Å². The summed E-state index contributed by atoms with van der Waals surface area (Å²) in [6.45, 7) is 0.414. The molecule has 0 saturated heterocycles. The Hall–Kier alpha value is -1.91. The fourth-order valence-corrected chi connectivity index (χ4v) is 1.82. The van der Waals surface area contributed by atoms with Crippen LogP contribution in [0.25, 0.3) is 0 Å². The first kappa shape index (κ1) is 14.5. The first-order chi connectivity index (χ1) is 9.65. The third-order valence-electron chi connectivity index (χ3n) is 2.69. The normalized spacial score (nSPS) is 10.3. The van der Waals surface area contributed by atoms with Crippen LogP contribution in [0.3, 0.4) is 0 Å². The van der Waals surface area contributed by atoms with Gasteiger partial charge in [-0.05, 0) is 30.3 Å². The maximum Gasteiger partial charge on any atom is 0.238 e. The molecule has 104 valence electrons. The van der Waals surface area contributed by atoms with Gasteiger partial charge < -0.3 is 10.6 Å². The van der Waals surface area contributed by atoms with Crippen molar-refractivity contribution in [3.8, 4) is 0 Å². The molecule has 0 atom stereocenters. The van der Waals surface area contributed by atoms with E-state index in [9.17, 15) is 9.18 Å². The minimum atomic E-state index is -0.280. The van der Waals surface area contributed by atoms with Crippen LogP contribution in [0.15, 0.2) is 48.5 Å². The van der Waals surface area contributed by atoms with Crippen molar-refractivity contribution in [2.45, 2.75) is 6.54 Å². The van der Waals surface area contributed by atoms with Crippen LogP contribution < -0.4 is 10.6 Å². The molecule has 3 nitrogen and oxygen atoms in total. The summed E-state index contributed by atoms with van der Waals surface area (Å²) in [6.07, 6.45) is 0. The van der Waals surface area contributed by atoms with Crippen LogP contribution in [0.1, 0.15) is 5.56 Å². The predicted molar refractivity (Wildman–Crippen MR) is 78.2 cm³/mol. The highest BCUT2D eigenvalue weighted by atomic mass is 35.5. The van der Waals surface area contributed by atoms with E-state index in [-0.39, 0.29) is 18.3 Å². The highest BCUT2D eigenvalue weighted by Crippen LogP contribution is 2.13. The average molecular weight is 293 g/mol. The Morgan fingerprint density at radius 1 is 1.10 bits per heavy atom. The van der Waals surface area contributed by atoms with Gasteiger partial charge in [-0.2, -0.15) is 0 Å². The fraction of sp³-hybridized carbons (Fsp3) is 0.133. The van der Waals surface area contributed by atoms with E-state index in [1.165, 1.54) is 6.07 Å². The number of carbonyl (C=O) groups excluding carboxylic acids is 1. The van der Waals surface area contributed by atoms with E-state index in [0.717, 1.165) is 0 Å². The van der Waals surface area contributed by atoms with Gasteiger partial charge in [0.2, 0.25) is 5.91 Å². The molecule has 2 aromatic carbocycles. The number of hydrogen-bond donors (Lipinski definition) is 2. The second-order valence-electron chi connectivity index (χ2n) is 4.25. The maximum atomic E-state index is 13.3. The van der Waals surface area contributed by atoms with Gasteiger partial charge >= 0.3 is 0 Å². The van der Waals surface area contributed by atoms with Gasteiger partial charge in [-0.25, -0.2) is 4.39 Å². The summed E-state index contributed by atoms with van der Waals surface area (Å²) in [7, 11) is 0. The van der Waals surface area contributed by atoms with Crippen molar-refractivity contribution in [3.05, 3.63) is 64.9 Å². The summed E-state index contributed by atoms with van der Waals surface area (Å²) in [4.78, 5) is 11.7. The summed E-state index contributed by atoms with van der Waals surface area (Å²) in [6, 6.07) is 13.3. The minimum Gasteiger partial charge on any atom is -0.325 e. The van der Waals surface area contributed by atoms with Gasteiger partial charge in [-0.15, -0.1) is 0 Å². The van der Waals surface area contributed by atoms with Gasteiger partial charge in [0.05, 0.1) is 6.54 Å². The summed E-state index contributed by atoms with van der Waals surface area (Å²) < 4.78 is 13.3. The van der Waals surface area contributed by atoms with Gasteiger partial charge in [0.15, 0.2) is 0 Å². The van der Waals surface area contributed by atoms with Crippen molar-refractivity contribution in [1.82, 2.24) is 5.32 Å². The first-order valence-electron chi connectivity index (χ1n) is 6.15. The third-order valence-corrected chi connectivity index (χ3v) is 2.94. The molecule has 0 aliphatic carbocycles. The maximum absolute atomic E-state index is 13.3. The predicted octanol–water partition coefficient (Wildman–Crippen LogP) is 3.21. The number of carbonyl (C=O) groups is 1. The summed E-state index contributed by atoms with van der Waals surface area (Å²) in [5, 5.41) is 6.22. The van der Waals surface area contributed by atoms with E-state index in [1.54, 1.807) is 42.5 Å². The second kappa shape index (κ2) is 7.03. The molecular formula is C15H14ClFN2O. The van der Waals surface area contributed by atoms with E-state index >= 15 is 0 Å². The number of amides is 1. The molecule has 2 rings (SSSR count). The highest BCUT2D eigenvalue weighted by Gasteiger charge is 2.04. The van der Waals surface area contributed by atoms with Crippen molar-refractivity contribution >= 4 is 23.2 Å². The zero-order valence-electron chi connectivity index (χ0n) is 10.7. The molecule has 5 heteroatoms. The Morgan fingerprint density at radius 3 is 2.50 bits per heavy atom. The van der Waals surface area contributed by atoms with Crippen LogP contribution in [-0.2, 0) is 11.3 Å². The monoisotopic (exact) mass is 292 g/mol. The summed E-state index contributed by atoms with van der Waals surface area (Å²) in [5.41, 5.74) is 1.21. The molecule has 0 aliphatic heterocycles. The standard InChI is InChI=1S/C15H14ClFN2O/c16-12-5-7-13(8-6-12)19-15(20)10-18-9-11-3-1-2-4-14(11)17/h1-8,18H,9-10H2,(H,19,20). The molecule has 1 amide bonds. The number of hydrogen-bond acceptors (Lipinski definition) is 2. The van der Waals surface area contributed by atoms with Crippen molar-refractivity contribution in [2.75, 3.05) is 11.9 Å². The Labute approximate surface area is 121 Å². The molecule has 0 radical (unpaired) electrons. The van der Waals surface area contributed by atoms with Crippen LogP contribution in [0.5, 0.6) is 0 Å². The Balaban J connectivity index is 1.78. The van der Waals surface area contributed by atoms with Crippen LogP contribution >= 0.6 is 11.6 Å². The second-order valence-corrected chi connectivity index (χ2v) is 4.69. The molecule has 0 saturated carbocycles. The van der Waals surface area contributed by atoms with E-state index < -0.39 is 0 Å². The number of rotatable bonds is 5. The number of benzene rings is 2. The van der Waals surface area contributed by atoms with Crippen LogP contribution in [0, 0.1) is 5.82 Å². The quantitative estimate of drug-likeness (QED) is 0.888. The van der Waals surface area contributed by atoms with Crippen LogP contribution in [-0.4, -0.2) is 12.5 Å². The lowest BCUT2D eigenvalue weighted by atomic mass is 10.2. The molecule has 0 heterocycles. The Bertz CT molecular complexity index is 587. The SMILES string of the molecule is O=C(CNCc1ccccc1F)Nc1ccc(Cl)cc1. The summed E-state index contributed by atoms with van der Waals surface area (Å²) >= 11 is 5.75. The largest absolute Gasteiger partial charge is 0.325 e. The first-order valence-corrected chi connectivity index (χ1v) is 6.52. The fourth-order valence-electron chi connectivity index (χ4n) is 1.69. The lowest BCUT2D eigenvalue weighted by Crippen LogP contribution is -2.27. The van der Waals surface area contributed by atoms with Gasteiger partial charge in [0.25, 0.3) is 0 Å². The summed E-state index contributed by atoms with van der Waals surface area (Å²) in [5.74, 6) is -0.471. The smallest absolute Gasteiger partial charge is 0.238 e. The van der Waals surface area contributed by atoms with Gasteiger partial charge in [0, 0.05) is 22.8 Å². The van der Waals surface area contributed by atoms with E-state index in [0.29, 0.717) is 22.8 Å². The van der Waals surface area contributed by atoms with E-state index in [2.05, 4.69) is 10.6 Å². The van der Waals surface area contributed by atoms with E-state index in [4.69, 9.17) is 11.6 Å². The Kier molecular flexibility index (Phi) is 5.09. The zero-order valence-corrected chi connectivity index (χ0v) is 11.5. The number of anilines is 1. The van der Waals surface area contributed by atoms with Crippen molar-refractivity contribution in [3.63, 3.8) is 0 Å². The van der Waals surface area contributed by atoms with Crippen molar-refractivity contribution in [2.24, 2.45) is 0 Å². The number of nitrogens with one attached hydrogen (secondary N) is 2. The van der Waals surface area contributed by atoms with Crippen molar-refractivity contribution < 1.29 is 9.18 Å². The molecule has 0 aliphatic rings. The van der Waals surface area contributed by atoms with Gasteiger partial charge in [-0.1, -0.05) is 29.8 Å². The Morgan fingerprint density at radius 2 is 1.80 bits per heavy atom. The van der Waals surface area contributed by atoms with Gasteiger partial charge in [-0.3, -0.25) is 4.79 Å². The lowest BCUT2D eigenvalue weighted by molar-refractivity contribution is -0.115. The molecule has 2 N–H and O–H groups in total. The third kappa shape index (κ3) is 4.33. The van der Waals surface area contributed by atoms with Gasteiger partial charge in [0.1, 0.15) is 5.82 Å². The highest BCUT2D eigenvalue weighted by molar-refractivity contribution is 6.30. The molecule has 0 fully saturated rings. The molecule has 0 unspecified atom stereocenters. The molecule has 0 aromatic heterocycles. The topological polar surface area (TPSA) is 41.1 Å². The molecular weight excluding hydrogens is 279 g/mol. The zero-order chi connectivity index (χ0) is 14.4. The van der Waals surface area contributed by atoms with E-state index in [1.807, 2.05) is 0 Å². The molecule has 2 aromatic rings. The number of halogens is 2. The average Bonchev–Trinajstić information content (AvgIpc) is 2.43. The van der Waals surface area contributed by atoms with Crippen molar-refractivity contribution in [1.29, 1.82) is 0 Å². The molecule has 20 heavy (non-hydrogen) atoms. The lowest BCUT2D eigenvalue weighted by Gasteiger charge is -2.07. The van der Waals surface area contributed by atoms with Crippen LogP contribution in [0.4, 0.5) is 10.1 Å². The molecule has 0 spiro atoms. The minimum absolute atomic E-state index is 0.108. The molecule has 0 bridgehead atoms.